The first-order valence-corrected chi connectivity index (χ1v) is 10.2. The van der Waals surface area contributed by atoms with Gasteiger partial charge in [-0.15, -0.1) is 0 Å². The van der Waals surface area contributed by atoms with Crippen molar-refractivity contribution in [3.05, 3.63) is 29.8 Å². The third-order valence-corrected chi connectivity index (χ3v) is 5.84. The molecule has 0 aliphatic carbocycles. The van der Waals surface area contributed by atoms with Crippen LogP contribution in [0.5, 0.6) is 17.2 Å². The van der Waals surface area contributed by atoms with Crippen LogP contribution < -0.4 is 14.2 Å². The lowest BCUT2D eigenvalue weighted by molar-refractivity contribution is -0.139. The van der Waals surface area contributed by atoms with E-state index in [0.717, 1.165) is 23.8 Å². The summed E-state index contributed by atoms with van der Waals surface area (Å²) in [5.74, 6) is 0.246. The predicted molar refractivity (Wildman–Crippen MR) is 110 cm³/mol. The Kier molecular flexibility index (Phi) is 5.17. The first-order chi connectivity index (χ1) is 13.8. The van der Waals surface area contributed by atoms with Gasteiger partial charge in [0.1, 0.15) is 17.4 Å². The van der Waals surface area contributed by atoms with Crippen LogP contribution in [-0.2, 0) is 16.0 Å². The van der Waals surface area contributed by atoms with Gasteiger partial charge < -0.3 is 14.2 Å². The van der Waals surface area contributed by atoms with Crippen LogP contribution >= 0.6 is 11.8 Å². The molecule has 2 aliphatic heterocycles. The van der Waals surface area contributed by atoms with Gasteiger partial charge in [0.15, 0.2) is 11.5 Å². The molecule has 2 aromatic carbocycles. The van der Waals surface area contributed by atoms with Crippen molar-refractivity contribution in [1.29, 1.82) is 0 Å². The van der Waals surface area contributed by atoms with Crippen molar-refractivity contribution in [2.45, 2.75) is 58.1 Å². The molecular formula is C22H24ClNO5. The number of benzene rings is 2. The summed E-state index contributed by atoms with van der Waals surface area (Å²) < 4.78 is 19.2. The molecule has 0 N–H and O–H groups in total. The highest BCUT2D eigenvalue weighted by Gasteiger charge is 2.36. The standard InChI is InChI=1S/C22H24ClNO5/c1-13(25)27-19-15-8-5-4-7-14(15)18-16(10-11-22(2,3)29-18)20(19)28-21(26)17-9-6-12-24(17)23/h4-5,7-8,17H,6,9-12H2,1-3H3. The Morgan fingerprint density at radius 2 is 1.90 bits per heavy atom. The summed E-state index contributed by atoms with van der Waals surface area (Å²) in [6, 6.07) is 6.98. The number of esters is 2. The Bertz CT molecular complexity index is 987. The normalized spacial score (nSPS) is 20.8. The average Bonchev–Trinajstić information content (AvgIpc) is 3.09. The molecule has 1 fully saturated rings. The Morgan fingerprint density at radius 3 is 2.55 bits per heavy atom. The summed E-state index contributed by atoms with van der Waals surface area (Å²) in [4.78, 5) is 24.7. The van der Waals surface area contributed by atoms with E-state index in [2.05, 4.69) is 0 Å². The number of hydrogen-bond acceptors (Lipinski definition) is 6. The predicted octanol–water partition coefficient (Wildman–Crippen LogP) is 4.39. The minimum atomic E-state index is -0.523. The fraction of sp³-hybridized carbons (Fsp3) is 0.455. The van der Waals surface area contributed by atoms with E-state index in [-0.39, 0.29) is 17.1 Å². The summed E-state index contributed by atoms with van der Waals surface area (Å²) in [5, 5.41) is 1.49. The van der Waals surface area contributed by atoms with Crippen LogP contribution in [0.25, 0.3) is 10.8 Å². The van der Waals surface area contributed by atoms with Crippen molar-refractivity contribution in [2.75, 3.05) is 6.54 Å². The van der Waals surface area contributed by atoms with Crippen LogP contribution in [0.3, 0.4) is 0 Å². The van der Waals surface area contributed by atoms with E-state index in [1.807, 2.05) is 38.1 Å². The zero-order chi connectivity index (χ0) is 20.8. The second-order valence-corrected chi connectivity index (χ2v) is 8.60. The molecule has 1 unspecified atom stereocenters. The fourth-order valence-electron chi connectivity index (χ4n) is 3.99. The van der Waals surface area contributed by atoms with Crippen LogP contribution in [-0.4, -0.2) is 34.5 Å². The van der Waals surface area contributed by atoms with Gasteiger partial charge in [-0.3, -0.25) is 4.79 Å². The lowest BCUT2D eigenvalue weighted by Crippen LogP contribution is -2.35. The number of rotatable bonds is 3. The van der Waals surface area contributed by atoms with Gasteiger partial charge in [-0.2, -0.15) is 0 Å². The van der Waals surface area contributed by atoms with Gasteiger partial charge in [-0.05, 0) is 51.3 Å². The molecule has 7 heteroatoms. The van der Waals surface area contributed by atoms with Crippen LogP contribution in [0.4, 0.5) is 0 Å². The number of carbonyl (C=O) groups is 2. The zero-order valence-electron chi connectivity index (χ0n) is 16.8. The van der Waals surface area contributed by atoms with E-state index in [0.29, 0.717) is 30.5 Å². The van der Waals surface area contributed by atoms with Crippen molar-refractivity contribution >= 4 is 34.5 Å². The molecule has 2 aromatic rings. The van der Waals surface area contributed by atoms with E-state index in [4.69, 9.17) is 26.0 Å². The van der Waals surface area contributed by atoms with E-state index >= 15 is 0 Å². The number of halogens is 1. The second-order valence-electron chi connectivity index (χ2n) is 8.17. The SMILES string of the molecule is CC(=O)Oc1c(OC(=O)C2CCCN2Cl)c2c(c3ccccc13)OC(C)(C)CC2. The van der Waals surface area contributed by atoms with Crippen molar-refractivity contribution in [3.63, 3.8) is 0 Å². The highest BCUT2D eigenvalue weighted by molar-refractivity contribution is 6.15. The number of hydrogen-bond donors (Lipinski definition) is 0. The van der Waals surface area contributed by atoms with Gasteiger partial charge in [-0.1, -0.05) is 24.3 Å². The zero-order valence-corrected chi connectivity index (χ0v) is 17.5. The number of fused-ring (bicyclic) bond motifs is 3. The largest absolute Gasteiger partial charge is 0.487 e. The van der Waals surface area contributed by atoms with E-state index < -0.39 is 18.0 Å². The molecule has 6 nitrogen and oxygen atoms in total. The summed E-state index contributed by atoms with van der Waals surface area (Å²) in [6.45, 7) is 6.02. The molecule has 2 heterocycles. The second kappa shape index (κ2) is 7.50. The maximum atomic E-state index is 12.9. The monoisotopic (exact) mass is 417 g/mol. The lowest BCUT2D eigenvalue weighted by atomic mass is 9.91. The quantitative estimate of drug-likeness (QED) is 0.419. The molecule has 0 aromatic heterocycles. The van der Waals surface area contributed by atoms with E-state index in [9.17, 15) is 9.59 Å². The molecule has 0 spiro atoms. The van der Waals surface area contributed by atoms with Gasteiger partial charge in [0.05, 0.1) is 0 Å². The molecule has 0 radical (unpaired) electrons. The highest BCUT2D eigenvalue weighted by Crippen LogP contribution is 2.50. The Morgan fingerprint density at radius 1 is 1.17 bits per heavy atom. The van der Waals surface area contributed by atoms with Gasteiger partial charge in [0.2, 0.25) is 0 Å². The topological polar surface area (TPSA) is 65.1 Å². The Labute approximate surface area is 174 Å². The van der Waals surface area contributed by atoms with E-state index in [1.165, 1.54) is 11.3 Å². The van der Waals surface area contributed by atoms with Gasteiger partial charge >= 0.3 is 11.9 Å². The number of carbonyl (C=O) groups excluding carboxylic acids is 2. The van der Waals surface area contributed by atoms with Crippen molar-refractivity contribution in [2.24, 2.45) is 0 Å². The average molecular weight is 418 g/mol. The van der Waals surface area contributed by atoms with Crippen molar-refractivity contribution < 1.29 is 23.8 Å². The fourth-order valence-corrected chi connectivity index (χ4v) is 4.28. The smallest absolute Gasteiger partial charge is 0.330 e. The maximum absolute atomic E-state index is 12.9. The van der Waals surface area contributed by atoms with Crippen LogP contribution in [0.1, 0.15) is 45.6 Å². The third kappa shape index (κ3) is 3.79. The minimum absolute atomic E-state index is 0.252. The first-order valence-electron chi connectivity index (χ1n) is 9.86. The molecule has 154 valence electrons. The van der Waals surface area contributed by atoms with Crippen molar-refractivity contribution in [1.82, 2.24) is 4.42 Å². The molecule has 1 atom stereocenters. The van der Waals surface area contributed by atoms with Gasteiger partial charge in [-0.25, -0.2) is 9.21 Å². The summed E-state index contributed by atoms with van der Waals surface area (Å²) in [7, 11) is 0. The van der Waals surface area contributed by atoms with Crippen molar-refractivity contribution in [3.8, 4) is 17.2 Å². The number of ether oxygens (including phenoxy) is 3. The van der Waals surface area contributed by atoms with Gasteiger partial charge in [0, 0.05) is 29.8 Å². The van der Waals surface area contributed by atoms with E-state index in [1.54, 1.807) is 0 Å². The maximum Gasteiger partial charge on any atom is 0.330 e. The summed E-state index contributed by atoms with van der Waals surface area (Å²) >= 11 is 6.16. The number of nitrogens with zero attached hydrogens (tertiary/aromatic N) is 1. The van der Waals surface area contributed by atoms with Crippen LogP contribution in [0, 0.1) is 0 Å². The first kappa shape index (κ1) is 20.0. The lowest BCUT2D eigenvalue weighted by Gasteiger charge is -2.34. The molecule has 0 saturated carbocycles. The molecule has 4 rings (SSSR count). The van der Waals surface area contributed by atoms with Crippen LogP contribution in [0.2, 0.25) is 0 Å². The highest BCUT2D eigenvalue weighted by atomic mass is 35.5. The molecule has 0 bridgehead atoms. The molecule has 1 saturated heterocycles. The molecular weight excluding hydrogens is 394 g/mol. The van der Waals surface area contributed by atoms with Crippen LogP contribution in [0.15, 0.2) is 24.3 Å². The van der Waals surface area contributed by atoms with Gasteiger partial charge in [0.25, 0.3) is 0 Å². The Balaban J connectivity index is 1.89. The molecule has 0 amide bonds. The third-order valence-electron chi connectivity index (χ3n) is 5.43. The molecule has 29 heavy (non-hydrogen) atoms. The Hall–Kier alpha value is -2.31. The molecule has 2 aliphatic rings. The minimum Gasteiger partial charge on any atom is -0.487 e. The summed E-state index contributed by atoms with van der Waals surface area (Å²) in [6.07, 6.45) is 2.84. The summed E-state index contributed by atoms with van der Waals surface area (Å²) in [5.41, 5.74) is 0.394.